The van der Waals surface area contributed by atoms with E-state index in [1.54, 1.807) is 6.92 Å². The van der Waals surface area contributed by atoms with E-state index in [0.717, 1.165) is 5.56 Å². The van der Waals surface area contributed by atoms with E-state index in [2.05, 4.69) is 22.6 Å². The zero-order valence-corrected chi connectivity index (χ0v) is 9.61. The lowest BCUT2D eigenvalue weighted by molar-refractivity contribution is -0.119. The van der Waals surface area contributed by atoms with Gasteiger partial charge < -0.3 is 5.73 Å². The highest BCUT2D eigenvalue weighted by Gasteiger charge is 2.07. The predicted octanol–water partition coefficient (Wildman–Crippen LogP) is 1.75. The first kappa shape index (κ1) is 10.7. The summed E-state index contributed by atoms with van der Waals surface area (Å²) in [5.74, 6) is 0.0845. The van der Waals surface area contributed by atoms with Crippen LogP contribution in [-0.2, 0) is 11.2 Å². The number of ketones is 1. The van der Waals surface area contributed by atoms with E-state index in [1.807, 2.05) is 24.3 Å². The summed E-state index contributed by atoms with van der Waals surface area (Å²) in [7, 11) is 0. The zero-order valence-electron chi connectivity index (χ0n) is 7.46. The van der Waals surface area contributed by atoms with Crippen LogP contribution in [0.2, 0.25) is 0 Å². The van der Waals surface area contributed by atoms with Crippen molar-refractivity contribution in [1.29, 1.82) is 0 Å². The topological polar surface area (TPSA) is 43.1 Å². The second-order valence-electron chi connectivity index (χ2n) is 3.06. The summed E-state index contributed by atoms with van der Waals surface area (Å²) in [6, 6.07) is 7.54. The van der Waals surface area contributed by atoms with Gasteiger partial charge >= 0.3 is 0 Å². The number of carbonyl (C=O) groups excluding carboxylic acids is 1. The van der Waals surface area contributed by atoms with E-state index in [4.69, 9.17) is 5.73 Å². The van der Waals surface area contributed by atoms with Crippen molar-refractivity contribution < 1.29 is 4.79 Å². The Morgan fingerprint density at radius 2 is 2.00 bits per heavy atom. The van der Waals surface area contributed by atoms with Crippen LogP contribution in [0.1, 0.15) is 12.5 Å². The summed E-state index contributed by atoms with van der Waals surface area (Å²) in [5, 5.41) is 0. The number of benzene rings is 1. The van der Waals surface area contributed by atoms with Gasteiger partial charge in [-0.15, -0.1) is 0 Å². The van der Waals surface area contributed by atoms with Crippen LogP contribution in [0.4, 0.5) is 0 Å². The highest BCUT2D eigenvalue weighted by atomic mass is 127. The van der Waals surface area contributed by atoms with Crippen LogP contribution in [0.3, 0.4) is 0 Å². The number of carbonyl (C=O) groups is 1. The molecule has 0 radical (unpaired) electrons. The zero-order chi connectivity index (χ0) is 9.84. The Balaban J connectivity index is 2.65. The highest BCUT2D eigenvalue weighted by molar-refractivity contribution is 14.1. The van der Waals surface area contributed by atoms with Gasteiger partial charge in [-0.25, -0.2) is 0 Å². The van der Waals surface area contributed by atoms with Crippen molar-refractivity contribution in [2.45, 2.75) is 19.4 Å². The molecule has 0 saturated carbocycles. The fourth-order valence-corrected chi connectivity index (χ4v) is 1.32. The van der Waals surface area contributed by atoms with Crippen LogP contribution in [0.15, 0.2) is 24.3 Å². The first-order valence-electron chi connectivity index (χ1n) is 4.12. The molecule has 0 aliphatic rings. The van der Waals surface area contributed by atoms with E-state index < -0.39 is 0 Å². The molecule has 0 saturated heterocycles. The Kier molecular flexibility index (Phi) is 3.87. The molecule has 0 fully saturated rings. The van der Waals surface area contributed by atoms with Crippen molar-refractivity contribution in [3.8, 4) is 0 Å². The minimum absolute atomic E-state index is 0.0845. The Hall–Kier alpha value is -0.420. The lowest BCUT2D eigenvalue weighted by Gasteiger charge is -2.03. The Bertz CT molecular complexity index is 292. The first-order chi connectivity index (χ1) is 6.09. The van der Waals surface area contributed by atoms with Crippen molar-refractivity contribution >= 4 is 28.4 Å². The fourth-order valence-electron chi connectivity index (χ4n) is 0.964. The number of hydrogen-bond donors (Lipinski definition) is 1. The summed E-state index contributed by atoms with van der Waals surface area (Å²) < 4.78 is 1.18. The van der Waals surface area contributed by atoms with Crippen molar-refractivity contribution in [1.82, 2.24) is 0 Å². The smallest absolute Gasteiger partial charge is 0.153 e. The van der Waals surface area contributed by atoms with Gasteiger partial charge in [0.25, 0.3) is 0 Å². The average Bonchev–Trinajstić information content (AvgIpc) is 2.08. The van der Waals surface area contributed by atoms with Crippen molar-refractivity contribution in [3.63, 3.8) is 0 Å². The summed E-state index contributed by atoms with van der Waals surface area (Å²) >= 11 is 2.23. The second-order valence-corrected chi connectivity index (χ2v) is 4.30. The van der Waals surface area contributed by atoms with E-state index in [0.29, 0.717) is 6.42 Å². The number of halogens is 1. The quantitative estimate of drug-likeness (QED) is 0.861. The van der Waals surface area contributed by atoms with Crippen LogP contribution < -0.4 is 5.73 Å². The van der Waals surface area contributed by atoms with Crippen LogP contribution in [0.25, 0.3) is 0 Å². The third kappa shape index (κ3) is 3.44. The standard InChI is InChI=1S/C10H12INO/c1-7(12)10(13)6-8-2-4-9(11)5-3-8/h2-5,7H,6,12H2,1H3. The largest absolute Gasteiger partial charge is 0.322 e. The molecule has 0 bridgehead atoms. The molecule has 1 unspecified atom stereocenters. The number of nitrogens with two attached hydrogens (primary N) is 1. The Morgan fingerprint density at radius 3 is 2.46 bits per heavy atom. The normalized spacial score (nSPS) is 12.5. The van der Waals surface area contributed by atoms with Gasteiger partial charge in [0.05, 0.1) is 6.04 Å². The molecule has 3 heteroatoms. The van der Waals surface area contributed by atoms with Gasteiger partial charge in [0.15, 0.2) is 5.78 Å². The van der Waals surface area contributed by atoms with Gasteiger partial charge in [-0.1, -0.05) is 12.1 Å². The lowest BCUT2D eigenvalue weighted by atomic mass is 10.1. The van der Waals surface area contributed by atoms with Crippen LogP contribution >= 0.6 is 22.6 Å². The molecule has 13 heavy (non-hydrogen) atoms. The molecule has 0 amide bonds. The summed E-state index contributed by atoms with van der Waals surface area (Å²) in [6.45, 7) is 1.72. The maximum atomic E-state index is 11.3. The monoisotopic (exact) mass is 289 g/mol. The third-order valence-electron chi connectivity index (χ3n) is 1.80. The molecule has 2 nitrogen and oxygen atoms in total. The summed E-state index contributed by atoms with van der Waals surface area (Å²) in [6.07, 6.45) is 0.439. The van der Waals surface area contributed by atoms with Gasteiger partial charge in [-0.2, -0.15) is 0 Å². The lowest BCUT2D eigenvalue weighted by Crippen LogP contribution is -2.28. The predicted molar refractivity (Wildman–Crippen MR) is 61.5 cm³/mol. The highest BCUT2D eigenvalue weighted by Crippen LogP contribution is 2.07. The molecule has 0 aromatic heterocycles. The molecule has 1 aromatic carbocycles. The molecule has 1 rings (SSSR count). The number of rotatable bonds is 3. The number of Topliss-reactive ketones (excluding diaryl/α,β-unsaturated/α-hetero) is 1. The molecule has 0 spiro atoms. The fraction of sp³-hybridized carbons (Fsp3) is 0.300. The van der Waals surface area contributed by atoms with Crippen LogP contribution in [-0.4, -0.2) is 11.8 Å². The Labute approximate surface area is 91.7 Å². The minimum atomic E-state index is -0.362. The van der Waals surface area contributed by atoms with E-state index >= 15 is 0 Å². The average molecular weight is 289 g/mol. The Morgan fingerprint density at radius 1 is 1.46 bits per heavy atom. The molecular weight excluding hydrogens is 277 g/mol. The van der Waals surface area contributed by atoms with Gasteiger partial charge in [0.2, 0.25) is 0 Å². The van der Waals surface area contributed by atoms with Gasteiger partial charge in [-0.3, -0.25) is 4.79 Å². The van der Waals surface area contributed by atoms with Crippen LogP contribution in [0.5, 0.6) is 0 Å². The molecular formula is C10H12INO. The van der Waals surface area contributed by atoms with E-state index in [1.165, 1.54) is 3.57 Å². The number of hydrogen-bond acceptors (Lipinski definition) is 2. The first-order valence-corrected chi connectivity index (χ1v) is 5.20. The SMILES string of the molecule is CC(N)C(=O)Cc1ccc(I)cc1. The van der Waals surface area contributed by atoms with Crippen molar-refractivity contribution in [2.24, 2.45) is 5.73 Å². The maximum Gasteiger partial charge on any atom is 0.153 e. The molecule has 0 aliphatic carbocycles. The van der Waals surface area contributed by atoms with Crippen LogP contribution in [0, 0.1) is 3.57 Å². The molecule has 0 heterocycles. The van der Waals surface area contributed by atoms with E-state index in [9.17, 15) is 4.79 Å². The second kappa shape index (κ2) is 4.72. The minimum Gasteiger partial charge on any atom is -0.322 e. The van der Waals surface area contributed by atoms with Gasteiger partial charge in [-0.05, 0) is 47.2 Å². The summed E-state index contributed by atoms with van der Waals surface area (Å²) in [5.41, 5.74) is 6.49. The molecule has 0 aliphatic heterocycles. The molecule has 70 valence electrons. The van der Waals surface area contributed by atoms with Crippen molar-refractivity contribution in [3.05, 3.63) is 33.4 Å². The van der Waals surface area contributed by atoms with Gasteiger partial charge in [0, 0.05) is 9.99 Å². The summed E-state index contributed by atoms with van der Waals surface area (Å²) in [4.78, 5) is 11.3. The molecule has 2 N–H and O–H groups in total. The molecule has 1 aromatic rings. The van der Waals surface area contributed by atoms with Gasteiger partial charge in [0.1, 0.15) is 0 Å². The maximum absolute atomic E-state index is 11.3. The van der Waals surface area contributed by atoms with E-state index in [-0.39, 0.29) is 11.8 Å². The molecule has 1 atom stereocenters. The van der Waals surface area contributed by atoms with Crippen molar-refractivity contribution in [2.75, 3.05) is 0 Å². The third-order valence-corrected chi connectivity index (χ3v) is 2.52.